The van der Waals surface area contributed by atoms with E-state index in [2.05, 4.69) is 9.97 Å². The highest BCUT2D eigenvalue weighted by molar-refractivity contribution is 6.31. The molecule has 0 aliphatic heterocycles. The molecule has 2 aromatic rings. The SMILES string of the molecule is COc1c(Cl)ncnc1-c1cc(F)c(F)cc1F. The quantitative estimate of drug-likeness (QED) is 0.623. The minimum absolute atomic E-state index is 0.0101. The van der Waals surface area contributed by atoms with E-state index in [4.69, 9.17) is 16.3 Å². The van der Waals surface area contributed by atoms with Crippen LogP contribution in [-0.4, -0.2) is 17.1 Å². The van der Waals surface area contributed by atoms with Gasteiger partial charge in [-0.1, -0.05) is 11.6 Å². The van der Waals surface area contributed by atoms with E-state index < -0.39 is 17.5 Å². The molecular weight excluding hydrogens is 269 g/mol. The molecule has 18 heavy (non-hydrogen) atoms. The van der Waals surface area contributed by atoms with Gasteiger partial charge in [0.25, 0.3) is 0 Å². The van der Waals surface area contributed by atoms with Crippen LogP contribution in [0.25, 0.3) is 11.3 Å². The van der Waals surface area contributed by atoms with E-state index in [1.165, 1.54) is 7.11 Å². The van der Waals surface area contributed by atoms with Crippen LogP contribution >= 0.6 is 11.6 Å². The minimum Gasteiger partial charge on any atom is -0.491 e. The fourth-order valence-corrected chi connectivity index (χ4v) is 1.64. The summed E-state index contributed by atoms with van der Waals surface area (Å²) in [6.45, 7) is 0. The van der Waals surface area contributed by atoms with Crippen molar-refractivity contribution < 1.29 is 17.9 Å². The summed E-state index contributed by atoms with van der Waals surface area (Å²) in [5.41, 5.74) is -0.302. The standard InChI is InChI=1S/C11H6ClF3N2O/c1-18-10-9(16-4-17-11(10)12)5-2-7(14)8(15)3-6(5)13/h2-4H,1H3. The maximum absolute atomic E-state index is 13.6. The summed E-state index contributed by atoms with van der Waals surface area (Å²) < 4.78 is 44.5. The highest BCUT2D eigenvalue weighted by Gasteiger charge is 2.18. The van der Waals surface area contributed by atoms with E-state index in [1.807, 2.05) is 0 Å². The molecule has 7 heteroatoms. The van der Waals surface area contributed by atoms with Crippen LogP contribution in [0.1, 0.15) is 0 Å². The van der Waals surface area contributed by atoms with Crippen molar-refractivity contribution in [2.45, 2.75) is 0 Å². The van der Waals surface area contributed by atoms with Gasteiger partial charge in [-0.05, 0) is 6.07 Å². The second-order valence-corrected chi connectivity index (χ2v) is 3.65. The summed E-state index contributed by atoms with van der Waals surface area (Å²) in [6.07, 6.45) is 1.07. The number of hydrogen-bond acceptors (Lipinski definition) is 3. The summed E-state index contributed by atoms with van der Waals surface area (Å²) >= 11 is 5.74. The van der Waals surface area contributed by atoms with Gasteiger partial charge in [0.2, 0.25) is 0 Å². The van der Waals surface area contributed by atoms with Crippen molar-refractivity contribution in [3.8, 4) is 17.0 Å². The van der Waals surface area contributed by atoms with Crippen LogP contribution in [0.5, 0.6) is 5.75 Å². The minimum atomic E-state index is -1.28. The summed E-state index contributed by atoms with van der Waals surface area (Å²) in [7, 11) is 1.28. The number of benzene rings is 1. The Labute approximate surface area is 105 Å². The normalized spacial score (nSPS) is 10.5. The van der Waals surface area contributed by atoms with Crippen molar-refractivity contribution in [1.29, 1.82) is 0 Å². The number of halogens is 4. The molecule has 1 aromatic heterocycles. The van der Waals surface area contributed by atoms with Gasteiger partial charge in [0, 0.05) is 11.6 Å². The molecule has 0 unspecified atom stereocenters. The van der Waals surface area contributed by atoms with Gasteiger partial charge in [0.15, 0.2) is 22.5 Å². The molecule has 0 bridgehead atoms. The van der Waals surface area contributed by atoms with E-state index in [1.54, 1.807) is 0 Å². The zero-order chi connectivity index (χ0) is 13.3. The maximum Gasteiger partial charge on any atom is 0.182 e. The Morgan fingerprint density at radius 3 is 2.39 bits per heavy atom. The molecule has 0 radical (unpaired) electrons. The van der Waals surface area contributed by atoms with Crippen LogP contribution < -0.4 is 4.74 Å². The first kappa shape index (κ1) is 12.6. The van der Waals surface area contributed by atoms with Gasteiger partial charge in [-0.25, -0.2) is 23.1 Å². The van der Waals surface area contributed by atoms with Crippen LogP contribution in [0.2, 0.25) is 5.15 Å². The van der Waals surface area contributed by atoms with Gasteiger partial charge >= 0.3 is 0 Å². The van der Waals surface area contributed by atoms with Crippen LogP contribution in [-0.2, 0) is 0 Å². The Balaban J connectivity index is 2.69. The summed E-state index contributed by atoms with van der Waals surface area (Å²) in [6, 6.07) is 1.12. The number of nitrogens with zero attached hydrogens (tertiary/aromatic N) is 2. The molecule has 0 saturated heterocycles. The zero-order valence-corrected chi connectivity index (χ0v) is 9.80. The van der Waals surface area contributed by atoms with E-state index >= 15 is 0 Å². The molecule has 3 nitrogen and oxygen atoms in total. The number of hydrogen-bond donors (Lipinski definition) is 0. The van der Waals surface area contributed by atoms with Gasteiger partial charge < -0.3 is 4.74 Å². The second-order valence-electron chi connectivity index (χ2n) is 3.29. The van der Waals surface area contributed by atoms with Gasteiger partial charge in [-0.3, -0.25) is 0 Å². The molecule has 0 aliphatic rings. The molecule has 94 valence electrons. The number of rotatable bonds is 2. The van der Waals surface area contributed by atoms with Crippen molar-refractivity contribution in [2.75, 3.05) is 7.11 Å². The first-order valence-corrected chi connectivity index (χ1v) is 5.11. The summed E-state index contributed by atoms with van der Waals surface area (Å²) in [4.78, 5) is 7.41. The average Bonchev–Trinajstić information content (AvgIpc) is 2.33. The van der Waals surface area contributed by atoms with Crippen LogP contribution in [0, 0.1) is 17.5 Å². The third kappa shape index (κ3) is 2.11. The Morgan fingerprint density at radius 2 is 1.72 bits per heavy atom. The molecule has 0 spiro atoms. The maximum atomic E-state index is 13.6. The molecule has 0 fully saturated rings. The monoisotopic (exact) mass is 274 g/mol. The lowest BCUT2D eigenvalue weighted by molar-refractivity contribution is 0.412. The fourth-order valence-electron chi connectivity index (χ4n) is 1.43. The van der Waals surface area contributed by atoms with Gasteiger partial charge in [-0.2, -0.15) is 0 Å². The van der Waals surface area contributed by atoms with E-state index in [0.29, 0.717) is 12.1 Å². The largest absolute Gasteiger partial charge is 0.491 e. The molecule has 0 aliphatic carbocycles. The lowest BCUT2D eigenvalue weighted by Gasteiger charge is -2.09. The van der Waals surface area contributed by atoms with Crippen molar-refractivity contribution in [3.05, 3.63) is 41.1 Å². The Morgan fingerprint density at radius 1 is 1.06 bits per heavy atom. The lowest BCUT2D eigenvalue weighted by atomic mass is 10.1. The van der Waals surface area contributed by atoms with Crippen molar-refractivity contribution in [1.82, 2.24) is 9.97 Å². The third-order valence-corrected chi connectivity index (χ3v) is 2.50. The van der Waals surface area contributed by atoms with Crippen LogP contribution in [0.15, 0.2) is 18.5 Å². The summed E-state index contributed by atoms with van der Waals surface area (Å²) in [5, 5.41) is -0.0494. The number of aromatic nitrogens is 2. The topological polar surface area (TPSA) is 35.0 Å². The number of ether oxygens (including phenoxy) is 1. The molecule has 1 aromatic carbocycles. The molecule has 0 amide bonds. The van der Waals surface area contributed by atoms with E-state index in [-0.39, 0.29) is 22.2 Å². The molecule has 0 saturated carbocycles. The van der Waals surface area contributed by atoms with E-state index in [9.17, 15) is 13.2 Å². The molecule has 2 rings (SSSR count). The highest BCUT2D eigenvalue weighted by Crippen LogP contribution is 2.34. The van der Waals surface area contributed by atoms with Crippen LogP contribution in [0.4, 0.5) is 13.2 Å². The Bertz CT molecular complexity index is 607. The van der Waals surface area contributed by atoms with E-state index in [0.717, 1.165) is 6.33 Å². The smallest absolute Gasteiger partial charge is 0.182 e. The first-order chi connectivity index (χ1) is 8.54. The van der Waals surface area contributed by atoms with Gasteiger partial charge in [0.1, 0.15) is 17.8 Å². The zero-order valence-electron chi connectivity index (χ0n) is 9.05. The third-order valence-electron chi connectivity index (χ3n) is 2.23. The fraction of sp³-hybridized carbons (Fsp3) is 0.0909. The second kappa shape index (κ2) is 4.81. The highest BCUT2D eigenvalue weighted by atomic mass is 35.5. The Kier molecular flexibility index (Phi) is 3.38. The molecule has 0 N–H and O–H groups in total. The summed E-state index contributed by atoms with van der Waals surface area (Å²) in [5.74, 6) is -3.45. The average molecular weight is 275 g/mol. The van der Waals surface area contributed by atoms with Crippen molar-refractivity contribution >= 4 is 11.6 Å². The molecule has 0 atom stereocenters. The lowest BCUT2D eigenvalue weighted by Crippen LogP contribution is -1.98. The van der Waals surface area contributed by atoms with Gasteiger partial charge in [0.05, 0.1) is 7.11 Å². The van der Waals surface area contributed by atoms with Crippen LogP contribution in [0.3, 0.4) is 0 Å². The molecule has 1 heterocycles. The predicted molar refractivity (Wildman–Crippen MR) is 58.9 cm³/mol. The molecular formula is C11H6ClF3N2O. The Hall–Kier alpha value is -1.82. The van der Waals surface area contributed by atoms with Crippen molar-refractivity contribution in [2.24, 2.45) is 0 Å². The number of methoxy groups -OCH3 is 1. The predicted octanol–water partition coefficient (Wildman–Crippen LogP) is 3.22. The van der Waals surface area contributed by atoms with Crippen molar-refractivity contribution in [3.63, 3.8) is 0 Å². The first-order valence-electron chi connectivity index (χ1n) is 4.74. The van der Waals surface area contributed by atoms with Gasteiger partial charge in [-0.15, -0.1) is 0 Å².